The fourth-order valence-electron chi connectivity index (χ4n) is 0.732. The zero-order valence-electron chi connectivity index (χ0n) is 6.47. The third kappa shape index (κ3) is 2.32. The van der Waals surface area contributed by atoms with Gasteiger partial charge in [0.2, 0.25) is 0 Å². The van der Waals surface area contributed by atoms with Crippen LogP contribution in [0.3, 0.4) is 0 Å². The third-order valence-corrected chi connectivity index (χ3v) is 1.26. The molecule has 1 aromatic heterocycles. The molecule has 1 radical (unpaired) electrons. The standard InChI is InChI=1S/C8H9N2O2/c11-5-4-10-8(12)7-2-1-3-9-6-7/h1-3,6,11H,4-5H2. The van der Waals surface area contributed by atoms with Crippen LogP contribution in [0.4, 0.5) is 0 Å². The molecular formula is C8H9N2O2. The van der Waals surface area contributed by atoms with Gasteiger partial charge >= 0.3 is 0 Å². The molecule has 0 saturated carbocycles. The number of nitrogens with zero attached hydrogens (tertiary/aromatic N) is 2. The normalized spacial score (nSPS) is 9.42. The first kappa shape index (κ1) is 8.67. The van der Waals surface area contributed by atoms with Gasteiger partial charge in [0, 0.05) is 12.4 Å². The molecule has 0 aromatic carbocycles. The van der Waals surface area contributed by atoms with E-state index in [1.54, 1.807) is 18.3 Å². The van der Waals surface area contributed by atoms with Crippen LogP contribution in [-0.2, 0) is 0 Å². The maximum absolute atomic E-state index is 11.1. The highest BCUT2D eigenvalue weighted by Gasteiger charge is 2.04. The Bertz CT molecular complexity index is 248. The fourth-order valence-corrected chi connectivity index (χ4v) is 0.732. The van der Waals surface area contributed by atoms with Crippen LogP contribution in [-0.4, -0.2) is 29.1 Å². The lowest BCUT2D eigenvalue weighted by Gasteiger charge is -1.97. The first-order chi connectivity index (χ1) is 5.84. The number of aliphatic hydroxyl groups excluding tert-OH is 1. The maximum Gasteiger partial charge on any atom is 0.274 e. The summed E-state index contributed by atoms with van der Waals surface area (Å²) in [5.74, 6) is -0.336. The molecule has 4 heteroatoms. The van der Waals surface area contributed by atoms with E-state index in [0.717, 1.165) is 0 Å². The van der Waals surface area contributed by atoms with E-state index in [2.05, 4.69) is 10.3 Å². The van der Waals surface area contributed by atoms with Crippen molar-refractivity contribution in [3.63, 3.8) is 0 Å². The molecule has 4 nitrogen and oxygen atoms in total. The van der Waals surface area contributed by atoms with Crippen LogP contribution in [0, 0.1) is 0 Å². The molecule has 0 aliphatic carbocycles. The Kier molecular flexibility index (Phi) is 3.22. The molecule has 0 atom stereocenters. The fraction of sp³-hybridized carbons (Fsp3) is 0.250. The van der Waals surface area contributed by atoms with E-state index in [1.165, 1.54) is 6.20 Å². The number of hydrogen-bond donors (Lipinski definition) is 1. The quantitative estimate of drug-likeness (QED) is 0.675. The minimum Gasteiger partial charge on any atom is -0.394 e. The second kappa shape index (κ2) is 4.46. The Morgan fingerprint density at radius 3 is 3.08 bits per heavy atom. The van der Waals surface area contributed by atoms with Crippen molar-refractivity contribution in [3.05, 3.63) is 30.1 Å². The molecule has 0 spiro atoms. The highest BCUT2D eigenvalue weighted by atomic mass is 16.3. The van der Waals surface area contributed by atoms with Crippen LogP contribution in [0.1, 0.15) is 10.4 Å². The van der Waals surface area contributed by atoms with E-state index < -0.39 is 0 Å². The van der Waals surface area contributed by atoms with Gasteiger partial charge in [-0.05, 0) is 12.1 Å². The average molecular weight is 165 g/mol. The van der Waals surface area contributed by atoms with Gasteiger partial charge in [0.25, 0.3) is 5.91 Å². The van der Waals surface area contributed by atoms with Crippen molar-refractivity contribution in [1.29, 1.82) is 0 Å². The van der Waals surface area contributed by atoms with Gasteiger partial charge in [-0.2, -0.15) is 0 Å². The van der Waals surface area contributed by atoms with Crippen molar-refractivity contribution in [2.75, 3.05) is 13.2 Å². The van der Waals surface area contributed by atoms with E-state index in [9.17, 15) is 4.79 Å². The first-order valence-corrected chi connectivity index (χ1v) is 3.57. The summed E-state index contributed by atoms with van der Waals surface area (Å²) in [6.07, 6.45) is 3.03. The van der Waals surface area contributed by atoms with Gasteiger partial charge < -0.3 is 5.11 Å². The van der Waals surface area contributed by atoms with E-state index in [0.29, 0.717) is 5.56 Å². The number of carbonyl (C=O) groups is 1. The van der Waals surface area contributed by atoms with Crippen LogP contribution >= 0.6 is 0 Å². The van der Waals surface area contributed by atoms with E-state index in [1.807, 2.05) is 0 Å². The number of hydrogen-bond acceptors (Lipinski definition) is 3. The molecule has 0 unspecified atom stereocenters. The molecule has 1 rings (SSSR count). The summed E-state index contributed by atoms with van der Waals surface area (Å²) >= 11 is 0. The number of aromatic nitrogens is 1. The Labute approximate surface area is 70.3 Å². The minimum absolute atomic E-state index is 0.105. The second-order valence-electron chi connectivity index (χ2n) is 2.15. The summed E-state index contributed by atoms with van der Waals surface area (Å²) in [6, 6.07) is 3.30. The van der Waals surface area contributed by atoms with E-state index in [4.69, 9.17) is 5.11 Å². The van der Waals surface area contributed by atoms with Gasteiger partial charge in [-0.1, -0.05) is 0 Å². The number of pyridine rings is 1. The molecule has 1 heterocycles. The van der Waals surface area contributed by atoms with Crippen molar-refractivity contribution in [1.82, 2.24) is 10.3 Å². The van der Waals surface area contributed by atoms with Crippen molar-refractivity contribution in [3.8, 4) is 0 Å². The molecule has 1 amide bonds. The summed E-state index contributed by atoms with van der Waals surface area (Å²) < 4.78 is 0. The van der Waals surface area contributed by atoms with E-state index in [-0.39, 0.29) is 19.1 Å². The van der Waals surface area contributed by atoms with Gasteiger partial charge in [0.05, 0.1) is 18.7 Å². The average Bonchev–Trinajstić information content (AvgIpc) is 2.15. The lowest BCUT2D eigenvalue weighted by atomic mass is 10.3. The van der Waals surface area contributed by atoms with Crippen LogP contribution in [0.15, 0.2) is 24.5 Å². The molecule has 0 aliphatic rings. The highest BCUT2D eigenvalue weighted by molar-refractivity contribution is 5.93. The largest absolute Gasteiger partial charge is 0.394 e. The molecule has 12 heavy (non-hydrogen) atoms. The third-order valence-electron chi connectivity index (χ3n) is 1.26. The highest BCUT2D eigenvalue weighted by Crippen LogP contribution is 1.94. The SMILES string of the molecule is O=C([N]CCO)c1cccnc1. The van der Waals surface area contributed by atoms with Crippen LogP contribution in [0.2, 0.25) is 0 Å². The van der Waals surface area contributed by atoms with Crippen molar-refractivity contribution >= 4 is 5.91 Å². The molecule has 0 fully saturated rings. The topological polar surface area (TPSA) is 64.3 Å². The zero-order chi connectivity index (χ0) is 8.81. The summed E-state index contributed by atoms with van der Waals surface area (Å²) in [4.78, 5) is 14.9. The monoisotopic (exact) mass is 165 g/mol. The Morgan fingerprint density at radius 1 is 1.67 bits per heavy atom. The molecular weight excluding hydrogens is 156 g/mol. The number of rotatable bonds is 3. The number of carbonyl (C=O) groups excluding carboxylic acids is 1. The van der Waals surface area contributed by atoms with Crippen LogP contribution < -0.4 is 5.32 Å². The zero-order valence-corrected chi connectivity index (χ0v) is 6.47. The summed E-state index contributed by atoms with van der Waals surface area (Å²) in [7, 11) is 0. The van der Waals surface area contributed by atoms with Gasteiger partial charge in [0.15, 0.2) is 0 Å². The number of amides is 1. The molecule has 0 saturated heterocycles. The Morgan fingerprint density at radius 2 is 2.50 bits per heavy atom. The van der Waals surface area contributed by atoms with Gasteiger partial charge in [-0.15, -0.1) is 0 Å². The van der Waals surface area contributed by atoms with Crippen molar-refractivity contribution in [2.24, 2.45) is 0 Å². The van der Waals surface area contributed by atoms with Gasteiger partial charge in [-0.3, -0.25) is 9.78 Å². The summed E-state index contributed by atoms with van der Waals surface area (Å²) in [6.45, 7) is 0.0414. The van der Waals surface area contributed by atoms with Crippen LogP contribution in [0.5, 0.6) is 0 Å². The Balaban J connectivity index is 2.54. The lowest BCUT2D eigenvalue weighted by molar-refractivity contribution is 0.0939. The summed E-state index contributed by atoms with van der Waals surface area (Å²) in [5, 5.41) is 12.0. The van der Waals surface area contributed by atoms with Crippen molar-refractivity contribution in [2.45, 2.75) is 0 Å². The van der Waals surface area contributed by atoms with Crippen LogP contribution in [0.25, 0.3) is 0 Å². The smallest absolute Gasteiger partial charge is 0.274 e. The first-order valence-electron chi connectivity index (χ1n) is 3.57. The van der Waals surface area contributed by atoms with Gasteiger partial charge in [0.1, 0.15) is 0 Å². The van der Waals surface area contributed by atoms with Gasteiger partial charge in [-0.25, -0.2) is 5.32 Å². The molecule has 0 aliphatic heterocycles. The maximum atomic E-state index is 11.1. The van der Waals surface area contributed by atoms with E-state index >= 15 is 0 Å². The van der Waals surface area contributed by atoms with Crippen molar-refractivity contribution < 1.29 is 9.90 Å². The minimum atomic E-state index is -0.336. The summed E-state index contributed by atoms with van der Waals surface area (Å²) in [5.41, 5.74) is 0.450. The Hall–Kier alpha value is -1.42. The second-order valence-corrected chi connectivity index (χ2v) is 2.15. The molecule has 0 bridgehead atoms. The number of aliphatic hydroxyl groups is 1. The lowest BCUT2D eigenvalue weighted by Crippen LogP contribution is -2.18. The molecule has 1 aromatic rings. The predicted molar refractivity (Wildman–Crippen MR) is 42.7 cm³/mol. The molecule has 1 N–H and O–H groups in total. The predicted octanol–water partition coefficient (Wildman–Crippen LogP) is -0.181. The molecule has 63 valence electrons.